The molecule has 2 heterocycles. The second-order valence-electron chi connectivity index (χ2n) is 6.12. The van der Waals surface area contributed by atoms with Gasteiger partial charge in [0.15, 0.2) is 5.69 Å². The lowest BCUT2D eigenvalue weighted by atomic mass is 10.1. The minimum atomic E-state index is -4.68. The van der Waals surface area contributed by atoms with Gasteiger partial charge in [-0.2, -0.15) is 23.4 Å². The molecule has 0 bridgehead atoms. The Kier molecular flexibility index (Phi) is 5.70. The predicted molar refractivity (Wildman–Crippen MR) is 90.9 cm³/mol. The highest BCUT2D eigenvalue weighted by atomic mass is 35.5. The summed E-state index contributed by atoms with van der Waals surface area (Å²) >= 11 is 5.74. The molecule has 0 radical (unpaired) electrons. The van der Waals surface area contributed by atoms with Gasteiger partial charge in [0, 0.05) is 18.3 Å². The van der Waals surface area contributed by atoms with Gasteiger partial charge < -0.3 is 5.32 Å². The maximum atomic E-state index is 12.9. The zero-order valence-electron chi connectivity index (χ0n) is 15.1. The van der Waals surface area contributed by atoms with Crippen molar-refractivity contribution in [2.45, 2.75) is 59.4 Å². The highest BCUT2D eigenvalue weighted by Gasteiger charge is 2.39. The molecule has 0 aliphatic carbocycles. The topological polar surface area (TPSA) is 64.7 Å². The van der Waals surface area contributed by atoms with Crippen molar-refractivity contribution in [3.63, 3.8) is 0 Å². The standard InChI is InChI=1S/C16H21ClF3N5O/c1-6-24-7-12(9(3)22-24)8(2)21-15(26)11(5)25-10(4)13(17)14(23-25)16(18,19)20/h7-8,11H,6H2,1-5H3,(H,21,26). The molecule has 26 heavy (non-hydrogen) atoms. The third-order valence-electron chi connectivity index (χ3n) is 4.23. The number of rotatable bonds is 5. The second kappa shape index (κ2) is 7.30. The summed E-state index contributed by atoms with van der Waals surface area (Å²) in [6.45, 7) is 9.14. The van der Waals surface area contributed by atoms with Gasteiger partial charge in [-0.3, -0.25) is 14.2 Å². The van der Waals surface area contributed by atoms with Gasteiger partial charge in [0.05, 0.1) is 22.5 Å². The molecule has 0 aliphatic heterocycles. The highest BCUT2D eigenvalue weighted by Crippen LogP contribution is 2.36. The van der Waals surface area contributed by atoms with E-state index in [4.69, 9.17) is 11.6 Å². The quantitative estimate of drug-likeness (QED) is 0.842. The van der Waals surface area contributed by atoms with Crippen LogP contribution in [0.2, 0.25) is 5.02 Å². The fraction of sp³-hybridized carbons (Fsp3) is 0.562. The molecule has 1 amide bonds. The highest BCUT2D eigenvalue weighted by molar-refractivity contribution is 6.32. The fourth-order valence-corrected chi connectivity index (χ4v) is 2.93. The Hall–Kier alpha value is -2.03. The molecule has 2 aromatic heterocycles. The first-order valence-electron chi connectivity index (χ1n) is 8.13. The molecule has 0 fully saturated rings. The Morgan fingerprint density at radius 2 is 1.92 bits per heavy atom. The lowest BCUT2D eigenvalue weighted by molar-refractivity contribution is -0.141. The van der Waals surface area contributed by atoms with E-state index in [1.807, 2.05) is 20.0 Å². The maximum absolute atomic E-state index is 12.9. The smallest absolute Gasteiger partial charge is 0.348 e. The van der Waals surface area contributed by atoms with E-state index in [1.165, 1.54) is 13.8 Å². The zero-order chi connectivity index (χ0) is 19.8. The number of halogens is 4. The number of aromatic nitrogens is 4. The molecule has 2 aromatic rings. The molecule has 0 aliphatic rings. The lowest BCUT2D eigenvalue weighted by Gasteiger charge is -2.18. The Morgan fingerprint density at radius 3 is 2.38 bits per heavy atom. The largest absolute Gasteiger partial charge is 0.436 e. The van der Waals surface area contributed by atoms with Crippen LogP contribution < -0.4 is 5.32 Å². The van der Waals surface area contributed by atoms with E-state index in [-0.39, 0.29) is 11.7 Å². The predicted octanol–water partition coefficient (Wildman–Crippen LogP) is 3.83. The van der Waals surface area contributed by atoms with Crippen LogP contribution in [0, 0.1) is 13.8 Å². The summed E-state index contributed by atoms with van der Waals surface area (Å²) in [5, 5.41) is 10.1. The molecule has 0 spiro atoms. The molecule has 1 N–H and O–H groups in total. The van der Waals surface area contributed by atoms with Crippen molar-refractivity contribution in [1.29, 1.82) is 0 Å². The van der Waals surface area contributed by atoms with Crippen molar-refractivity contribution in [3.8, 4) is 0 Å². The zero-order valence-corrected chi connectivity index (χ0v) is 15.9. The lowest BCUT2D eigenvalue weighted by Crippen LogP contribution is -2.34. The van der Waals surface area contributed by atoms with Gasteiger partial charge in [0.25, 0.3) is 0 Å². The number of nitrogens with one attached hydrogen (secondary N) is 1. The number of aryl methyl sites for hydroxylation is 2. The van der Waals surface area contributed by atoms with E-state index >= 15 is 0 Å². The second-order valence-corrected chi connectivity index (χ2v) is 6.50. The molecule has 10 heteroatoms. The van der Waals surface area contributed by atoms with Gasteiger partial charge in [0.2, 0.25) is 5.91 Å². The number of amides is 1. The van der Waals surface area contributed by atoms with Crippen molar-refractivity contribution in [2.75, 3.05) is 0 Å². The first-order chi connectivity index (χ1) is 12.0. The molecule has 2 unspecified atom stereocenters. The first-order valence-corrected chi connectivity index (χ1v) is 8.51. The van der Waals surface area contributed by atoms with Gasteiger partial charge in [0.1, 0.15) is 6.04 Å². The van der Waals surface area contributed by atoms with Crippen LogP contribution in [0.5, 0.6) is 0 Å². The molecule has 0 saturated carbocycles. The summed E-state index contributed by atoms with van der Waals surface area (Å²) in [5.41, 5.74) is 0.525. The minimum Gasteiger partial charge on any atom is -0.348 e. The first kappa shape index (κ1) is 20.3. The van der Waals surface area contributed by atoms with Crippen molar-refractivity contribution < 1.29 is 18.0 Å². The number of hydrogen-bond acceptors (Lipinski definition) is 3. The normalized spacial score (nSPS) is 14.3. The van der Waals surface area contributed by atoms with Crippen LogP contribution in [0.25, 0.3) is 0 Å². The third kappa shape index (κ3) is 3.87. The van der Waals surface area contributed by atoms with Gasteiger partial charge in [-0.1, -0.05) is 11.6 Å². The van der Waals surface area contributed by atoms with Crippen molar-refractivity contribution in [2.24, 2.45) is 0 Å². The minimum absolute atomic E-state index is 0.0873. The monoisotopic (exact) mass is 391 g/mol. The molecule has 0 aromatic carbocycles. The SMILES string of the molecule is CCn1cc(C(C)NC(=O)C(C)n2nc(C(F)(F)F)c(Cl)c2C)c(C)n1. The van der Waals surface area contributed by atoms with E-state index in [0.717, 1.165) is 15.9 Å². The van der Waals surface area contributed by atoms with E-state index in [1.54, 1.807) is 11.6 Å². The molecule has 144 valence electrons. The Balaban J connectivity index is 2.21. The molecular formula is C16H21ClF3N5O. The van der Waals surface area contributed by atoms with Crippen molar-refractivity contribution >= 4 is 17.5 Å². The van der Waals surface area contributed by atoms with E-state index in [9.17, 15) is 18.0 Å². The summed E-state index contributed by atoms with van der Waals surface area (Å²) < 4.78 is 41.6. The summed E-state index contributed by atoms with van der Waals surface area (Å²) in [6, 6.07) is -1.30. The average molecular weight is 392 g/mol. The van der Waals surface area contributed by atoms with Gasteiger partial charge in [-0.15, -0.1) is 0 Å². The number of hydrogen-bond donors (Lipinski definition) is 1. The maximum Gasteiger partial charge on any atom is 0.436 e. The van der Waals surface area contributed by atoms with Gasteiger partial charge >= 0.3 is 6.18 Å². The van der Waals surface area contributed by atoms with Gasteiger partial charge in [-0.25, -0.2) is 0 Å². The van der Waals surface area contributed by atoms with Crippen molar-refractivity contribution in [3.05, 3.63) is 33.9 Å². The van der Waals surface area contributed by atoms with E-state index in [0.29, 0.717) is 6.54 Å². The van der Waals surface area contributed by atoms with Crippen molar-refractivity contribution in [1.82, 2.24) is 24.9 Å². The summed E-state index contributed by atoms with van der Waals surface area (Å²) in [6.07, 6.45) is -2.84. The molecule has 2 atom stereocenters. The Bertz CT molecular complexity index is 812. The number of carbonyl (C=O) groups excluding carboxylic acids is 1. The molecule has 6 nitrogen and oxygen atoms in total. The molecule has 0 saturated heterocycles. The van der Waals surface area contributed by atoms with Crippen LogP contribution in [0.3, 0.4) is 0 Å². The summed E-state index contributed by atoms with van der Waals surface area (Å²) in [7, 11) is 0. The van der Waals surface area contributed by atoms with Crippen LogP contribution >= 0.6 is 11.6 Å². The number of carbonyl (C=O) groups is 1. The van der Waals surface area contributed by atoms with E-state index in [2.05, 4.69) is 15.5 Å². The van der Waals surface area contributed by atoms with Crippen LogP contribution in [0.15, 0.2) is 6.20 Å². The van der Waals surface area contributed by atoms with Gasteiger partial charge in [-0.05, 0) is 34.6 Å². The van der Waals surface area contributed by atoms with E-state index < -0.39 is 28.8 Å². The van der Waals surface area contributed by atoms with Crippen LogP contribution in [-0.2, 0) is 17.5 Å². The Labute approximate surface area is 154 Å². The van der Waals surface area contributed by atoms with Crippen LogP contribution in [0.4, 0.5) is 13.2 Å². The average Bonchev–Trinajstić information content (AvgIpc) is 3.07. The third-order valence-corrected chi connectivity index (χ3v) is 4.68. The van der Waals surface area contributed by atoms with Crippen LogP contribution in [-0.4, -0.2) is 25.5 Å². The summed E-state index contributed by atoms with van der Waals surface area (Å²) in [4.78, 5) is 12.5. The summed E-state index contributed by atoms with van der Waals surface area (Å²) in [5.74, 6) is -0.461. The molecule has 2 rings (SSSR count). The number of alkyl halides is 3. The fourth-order valence-electron chi connectivity index (χ4n) is 2.70. The Morgan fingerprint density at radius 1 is 1.31 bits per heavy atom. The van der Waals surface area contributed by atoms with Crippen LogP contribution in [0.1, 0.15) is 55.5 Å². The number of nitrogens with zero attached hydrogens (tertiary/aromatic N) is 4. The molecular weight excluding hydrogens is 371 g/mol.